The molecule has 0 aromatic rings. The molecule has 0 aliphatic heterocycles. The Morgan fingerprint density at radius 1 is 1.26 bits per heavy atom. The summed E-state index contributed by atoms with van der Waals surface area (Å²) < 4.78 is 0. The van der Waals surface area contributed by atoms with E-state index in [1.54, 1.807) is 11.8 Å². The number of aliphatic hydroxyl groups is 1. The highest BCUT2D eigenvalue weighted by atomic mass is 16.4. The van der Waals surface area contributed by atoms with Crippen LogP contribution in [0.1, 0.15) is 27.2 Å². The van der Waals surface area contributed by atoms with Crippen LogP contribution in [0.25, 0.3) is 0 Å². The number of aliphatic carboxylic acids is 1. The zero-order chi connectivity index (χ0) is 14.8. The molecule has 3 N–H and O–H groups in total. The first-order valence-corrected chi connectivity index (χ1v) is 6.69. The second-order valence-electron chi connectivity index (χ2n) is 5.25. The summed E-state index contributed by atoms with van der Waals surface area (Å²) in [5, 5.41) is 20.5. The monoisotopic (exact) mass is 274 g/mol. The topological polar surface area (TPSA) is 89.9 Å². The van der Waals surface area contributed by atoms with Crippen LogP contribution in [0, 0.1) is 11.8 Å². The molecule has 0 aromatic heterocycles. The lowest BCUT2D eigenvalue weighted by Crippen LogP contribution is -2.42. The quantitative estimate of drug-likeness (QED) is 0.528. The Morgan fingerprint density at radius 3 is 2.37 bits per heavy atom. The largest absolute Gasteiger partial charge is 0.481 e. The van der Waals surface area contributed by atoms with Crippen molar-refractivity contribution in [3.8, 4) is 0 Å². The van der Waals surface area contributed by atoms with Crippen LogP contribution in [0.3, 0.4) is 0 Å². The summed E-state index contributed by atoms with van der Waals surface area (Å²) in [7, 11) is 0. The number of rotatable bonds is 10. The third kappa shape index (κ3) is 9.44. The van der Waals surface area contributed by atoms with Crippen LogP contribution in [0.15, 0.2) is 0 Å². The Hall–Kier alpha value is -1.14. The van der Waals surface area contributed by atoms with Gasteiger partial charge in [0, 0.05) is 26.2 Å². The van der Waals surface area contributed by atoms with Gasteiger partial charge in [-0.2, -0.15) is 0 Å². The number of carbonyl (C=O) groups is 2. The van der Waals surface area contributed by atoms with Gasteiger partial charge in [0.25, 0.3) is 0 Å². The predicted molar refractivity (Wildman–Crippen MR) is 72.8 cm³/mol. The summed E-state index contributed by atoms with van der Waals surface area (Å²) in [5.74, 6) is -1.13. The number of carbonyl (C=O) groups excluding carboxylic acids is 1. The fourth-order valence-electron chi connectivity index (χ4n) is 1.57. The molecule has 0 bridgehead atoms. The molecule has 0 fully saturated rings. The van der Waals surface area contributed by atoms with E-state index in [-0.39, 0.29) is 19.1 Å². The van der Waals surface area contributed by atoms with E-state index >= 15 is 0 Å². The molecule has 0 saturated carbocycles. The Balaban J connectivity index is 4.25. The molecular formula is C13H26N2O4. The van der Waals surface area contributed by atoms with Gasteiger partial charge in [-0.25, -0.2) is 0 Å². The Labute approximate surface area is 114 Å². The summed E-state index contributed by atoms with van der Waals surface area (Å²) in [4.78, 5) is 24.3. The van der Waals surface area contributed by atoms with Crippen molar-refractivity contribution < 1.29 is 19.8 Å². The minimum absolute atomic E-state index is 0.0333. The van der Waals surface area contributed by atoms with E-state index in [9.17, 15) is 9.59 Å². The number of nitrogens with one attached hydrogen (secondary N) is 1. The van der Waals surface area contributed by atoms with Crippen molar-refractivity contribution in [1.29, 1.82) is 0 Å². The number of aliphatic hydroxyl groups excluding tert-OH is 1. The fraction of sp³-hybridized carbons (Fsp3) is 0.846. The van der Waals surface area contributed by atoms with E-state index < -0.39 is 11.9 Å². The first-order valence-electron chi connectivity index (χ1n) is 6.69. The first-order chi connectivity index (χ1) is 8.86. The molecule has 0 rings (SSSR count). The van der Waals surface area contributed by atoms with Crippen LogP contribution in [-0.2, 0) is 9.59 Å². The van der Waals surface area contributed by atoms with E-state index in [2.05, 4.69) is 5.32 Å². The van der Waals surface area contributed by atoms with Crippen LogP contribution in [0.4, 0.5) is 0 Å². The van der Waals surface area contributed by atoms with Gasteiger partial charge in [-0.1, -0.05) is 20.8 Å². The van der Waals surface area contributed by atoms with Gasteiger partial charge in [-0.3, -0.25) is 14.5 Å². The van der Waals surface area contributed by atoms with Gasteiger partial charge in [0.05, 0.1) is 12.5 Å². The molecule has 0 aliphatic carbocycles. The second-order valence-corrected chi connectivity index (χ2v) is 5.25. The molecule has 0 saturated heterocycles. The zero-order valence-corrected chi connectivity index (χ0v) is 12.1. The second kappa shape index (κ2) is 9.75. The molecule has 6 nitrogen and oxygen atoms in total. The van der Waals surface area contributed by atoms with Crippen molar-refractivity contribution in [2.75, 3.05) is 32.8 Å². The standard InChI is InChI=1S/C13H26N2O4/c1-10(2)7-14-12(17)9-15(5-4-6-16)8-11(3)13(18)19/h10-11,16H,4-9H2,1-3H3,(H,14,17)(H,18,19). The van der Waals surface area contributed by atoms with Crippen molar-refractivity contribution >= 4 is 11.9 Å². The number of hydrogen-bond acceptors (Lipinski definition) is 4. The molecular weight excluding hydrogens is 248 g/mol. The maximum absolute atomic E-state index is 11.7. The summed E-state index contributed by atoms with van der Waals surface area (Å²) in [6.45, 7) is 7.28. The molecule has 0 heterocycles. The van der Waals surface area contributed by atoms with Crippen molar-refractivity contribution in [2.45, 2.75) is 27.2 Å². The zero-order valence-electron chi connectivity index (χ0n) is 12.1. The maximum atomic E-state index is 11.7. The van der Waals surface area contributed by atoms with Crippen molar-refractivity contribution in [3.63, 3.8) is 0 Å². The molecule has 1 amide bonds. The molecule has 0 aromatic carbocycles. The highest BCUT2D eigenvalue weighted by molar-refractivity contribution is 5.78. The van der Waals surface area contributed by atoms with Gasteiger partial charge in [0.15, 0.2) is 0 Å². The fourth-order valence-corrected chi connectivity index (χ4v) is 1.57. The molecule has 112 valence electrons. The van der Waals surface area contributed by atoms with Crippen LogP contribution >= 0.6 is 0 Å². The normalized spacial score (nSPS) is 12.7. The molecule has 0 radical (unpaired) electrons. The Bertz CT molecular complexity index is 282. The Morgan fingerprint density at radius 2 is 1.89 bits per heavy atom. The van der Waals surface area contributed by atoms with Crippen molar-refractivity contribution in [1.82, 2.24) is 10.2 Å². The van der Waals surface area contributed by atoms with Crippen LogP contribution < -0.4 is 5.32 Å². The minimum Gasteiger partial charge on any atom is -0.481 e. The van der Waals surface area contributed by atoms with Crippen LogP contribution in [0.5, 0.6) is 0 Å². The Kier molecular flexibility index (Phi) is 9.16. The van der Waals surface area contributed by atoms with Crippen molar-refractivity contribution in [2.24, 2.45) is 11.8 Å². The van der Waals surface area contributed by atoms with E-state index in [4.69, 9.17) is 10.2 Å². The van der Waals surface area contributed by atoms with Crippen LogP contribution in [-0.4, -0.2) is 59.8 Å². The van der Waals surface area contributed by atoms with Crippen LogP contribution in [0.2, 0.25) is 0 Å². The summed E-state index contributed by atoms with van der Waals surface area (Å²) in [5.41, 5.74) is 0. The molecule has 0 spiro atoms. The lowest BCUT2D eigenvalue weighted by atomic mass is 10.1. The van der Waals surface area contributed by atoms with Gasteiger partial charge in [0.2, 0.25) is 5.91 Å². The van der Waals surface area contributed by atoms with E-state index in [0.29, 0.717) is 32.0 Å². The highest BCUT2D eigenvalue weighted by Crippen LogP contribution is 2.01. The lowest BCUT2D eigenvalue weighted by molar-refractivity contribution is -0.142. The minimum atomic E-state index is -0.878. The number of amides is 1. The maximum Gasteiger partial charge on any atom is 0.307 e. The third-order valence-electron chi connectivity index (χ3n) is 2.66. The van der Waals surface area contributed by atoms with E-state index in [1.165, 1.54) is 0 Å². The molecule has 0 aliphatic rings. The van der Waals surface area contributed by atoms with Gasteiger partial charge in [-0.05, 0) is 12.3 Å². The van der Waals surface area contributed by atoms with Gasteiger partial charge < -0.3 is 15.5 Å². The summed E-state index contributed by atoms with van der Waals surface area (Å²) >= 11 is 0. The number of hydrogen-bond donors (Lipinski definition) is 3. The average molecular weight is 274 g/mol. The molecule has 19 heavy (non-hydrogen) atoms. The number of carboxylic acid groups (broad SMARTS) is 1. The number of nitrogens with zero attached hydrogens (tertiary/aromatic N) is 1. The summed E-state index contributed by atoms with van der Waals surface area (Å²) in [6.07, 6.45) is 0.532. The smallest absolute Gasteiger partial charge is 0.307 e. The lowest BCUT2D eigenvalue weighted by Gasteiger charge is -2.23. The molecule has 6 heteroatoms. The molecule has 1 unspecified atom stereocenters. The average Bonchev–Trinajstić information content (AvgIpc) is 2.33. The van der Waals surface area contributed by atoms with Gasteiger partial charge in [-0.15, -0.1) is 0 Å². The van der Waals surface area contributed by atoms with E-state index in [1.807, 2.05) is 13.8 Å². The summed E-state index contributed by atoms with van der Waals surface area (Å²) in [6, 6.07) is 0. The first kappa shape index (κ1) is 17.9. The van der Waals surface area contributed by atoms with E-state index in [0.717, 1.165) is 0 Å². The SMILES string of the molecule is CC(C)CNC(=O)CN(CCCO)CC(C)C(=O)O. The van der Waals surface area contributed by atoms with Crippen molar-refractivity contribution in [3.05, 3.63) is 0 Å². The third-order valence-corrected chi connectivity index (χ3v) is 2.66. The number of carboxylic acids is 1. The molecule has 1 atom stereocenters. The highest BCUT2D eigenvalue weighted by Gasteiger charge is 2.18. The predicted octanol–water partition coefficient (Wildman–Crippen LogP) is 0.164. The van der Waals surface area contributed by atoms with Gasteiger partial charge >= 0.3 is 5.97 Å². The van der Waals surface area contributed by atoms with Gasteiger partial charge in [0.1, 0.15) is 0 Å².